The van der Waals surface area contributed by atoms with E-state index < -0.39 is 0 Å². The summed E-state index contributed by atoms with van der Waals surface area (Å²) < 4.78 is 15.4. The first-order valence-corrected chi connectivity index (χ1v) is 6.61. The van der Waals surface area contributed by atoms with Gasteiger partial charge in [0.15, 0.2) is 0 Å². The van der Waals surface area contributed by atoms with E-state index in [1.807, 2.05) is 36.1 Å². The monoisotopic (exact) mass is 261 g/mol. The van der Waals surface area contributed by atoms with E-state index in [-0.39, 0.29) is 11.9 Å². The van der Waals surface area contributed by atoms with Gasteiger partial charge in [-0.3, -0.25) is 4.68 Å². The van der Waals surface area contributed by atoms with Gasteiger partial charge in [0.2, 0.25) is 0 Å². The van der Waals surface area contributed by atoms with Gasteiger partial charge in [0.1, 0.15) is 5.82 Å². The topological polar surface area (TPSA) is 29.9 Å². The Balaban J connectivity index is 1.76. The van der Waals surface area contributed by atoms with Crippen LogP contribution in [0.2, 0.25) is 0 Å². The molecule has 0 aliphatic rings. The normalized spacial score (nSPS) is 12.6. The molecule has 0 radical (unpaired) electrons. The predicted octanol–water partition coefficient (Wildman–Crippen LogP) is 2.55. The summed E-state index contributed by atoms with van der Waals surface area (Å²) in [6.07, 6.45) is 4.57. The Kier molecular flexibility index (Phi) is 4.68. The SMILES string of the molecule is Cc1cnn(CCNC(C)Cc2ccccc2F)c1. The first-order chi connectivity index (χ1) is 9.15. The Morgan fingerprint density at radius 2 is 2.16 bits per heavy atom. The zero-order chi connectivity index (χ0) is 13.7. The minimum absolute atomic E-state index is 0.126. The summed E-state index contributed by atoms with van der Waals surface area (Å²) in [6.45, 7) is 5.75. The van der Waals surface area contributed by atoms with Crippen molar-refractivity contribution in [1.29, 1.82) is 0 Å². The molecular weight excluding hydrogens is 241 g/mol. The lowest BCUT2D eigenvalue weighted by molar-refractivity contribution is 0.486. The maximum Gasteiger partial charge on any atom is 0.126 e. The van der Waals surface area contributed by atoms with E-state index in [4.69, 9.17) is 0 Å². The highest BCUT2D eigenvalue weighted by Gasteiger charge is 2.06. The number of hydrogen-bond donors (Lipinski definition) is 1. The molecule has 3 nitrogen and oxygen atoms in total. The highest BCUT2D eigenvalue weighted by atomic mass is 19.1. The molecule has 0 aliphatic carbocycles. The van der Waals surface area contributed by atoms with Gasteiger partial charge in [-0.15, -0.1) is 0 Å². The van der Waals surface area contributed by atoms with Gasteiger partial charge in [-0.1, -0.05) is 18.2 Å². The molecule has 19 heavy (non-hydrogen) atoms. The van der Waals surface area contributed by atoms with Crippen LogP contribution in [-0.4, -0.2) is 22.4 Å². The van der Waals surface area contributed by atoms with Gasteiger partial charge in [0.25, 0.3) is 0 Å². The number of nitrogens with zero attached hydrogens (tertiary/aromatic N) is 2. The molecule has 1 heterocycles. The Morgan fingerprint density at radius 1 is 1.37 bits per heavy atom. The smallest absolute Gasteiger partial charge is 0.126 e. The van der Waals surface area contributed by atoms with Crippen LogP contribution in [0.1, 0.15) is 18.1 Å². The van der Waals surface area contributed by atoms with Crippen molar-refractivity contribution in [2.45, 2.75) is 32.9 Å². The first-order valence-electron chi connectivity index (χ1n) is 6.61. The van der Waals surface area contributed by atoms with Crippen LogP contribution in [0.3, 0.4) is 0 Å². The van der Waals surface area contributed by atoms with E-state index in [2.05, 4.69) is 17.3 Å². The second-order valence-corrected chi connectivity index (χ2v) is 4.93. The number of nitrogens with one attached hydrogen (secondary N) is 1. The molecule has 0 spiro atoms. The number of rotatable bonds is 6. The number of halogens is 1. The summed E-state index contributed by atoms with van der Waals surface area (Å²) in [6, 6.07) is 7.18. The van der Waals surface area contributed by atoms with Crippen LogP contribution >= 0.6 is 0 Å². The molecule has 0 saturated heterocycles. The fourth-order valence-electron chi connectivity index (χ4n) is 2.08. The van der Waals surface area contributed by atoms with Gasteiger partial charge in [0, 0.05) is 18.8 Å². The Labute approximate surface area is 113 Å². The van der Waals surface area contributed by atoms with Crippen molar-refractivity contribution in [2.24, 2.45) is 0 Å². The van der Waals surface area contributed by atoms with E-state index >= 15 is 0 Å². The van der Waals surface area contributed by atoms with Gasteiger partial charge in [-0.25, -0.2) is 4.39 Å². The second-order valence-electron chi connectivity index (χ2n) is 4.93. The molecule has 1 aromatic carbocycles. The second kappa shape index (κ2) is 6.48. The molecule has 1 atom stereocenters. The molecule has 1 unspecified atom stereocenters. The van der Waals surface area contributed by atoms with Crippen molar-refractivity contribution < 1.29 is 4.39 Å². The summed E-state index contributed by atoms with van der Waals surface area (Å²) in [7, 11) is 0. The van der Waals surface area contributed by atoms with Crippen LogP contribution in [0.15, 0.2) is 36.7 Å². The molecule has 2 rings (SSSR count). The van der Waals surface area contributed by atoms with Crippen LogP contribution < -0.4 is 5.32 Å². The molecule has 102 valence electrons. The van der Waals surface area contributed by atoms with E-state index in [1.54, 1.807) is 6.07 Å². The molecule has 0 saturated carbocycles. The van der Waals surface area contributed by atoms with Gasteiger partial charge >= 0.3 is 0 Å². The van der Waals surface area contributed by atoms with Gasteiger partial charge in [-0.05, 0) is 37.5 Å². The molecule has 1 N–H and O–H groups in total. The minimum Gasteiger partial charge on any atom is -0.312 e. The number of aryl methyl sites for hydroxylation is 1. The third kappa shape index (κ3) is 4.17. The molecule has 0 bridgehead atoms. The molecule has 4 heteroatoms. The van der Waals surface area contributed by atoms with Crippen molar-refractivity contribution in [3.63, 3.8) is 0 Å². The largest absolute Gasteiger partial charge is 0.312 e. The van der Waals surface area contributed by atoms with Crippen LogP contribution in [0.5, 0.6) is 0 Å². The third-order valence-electron chi connectivity index (χ3n) is 3.08. The van der Waals surface area contributed by atoms with Crippen molar-refractivity contribution >= 4 is 0 Å². The van der Waals surface area contributed by atoms with E-state index in [9.17, 15) is 4.39 Å². The molecule has 2 aromatic rings. The summed E-state index contributed by atoms with van der Waals surface area (Å²) in [5, 5.41) is 7.62. The average Bonchev–Trinajstić information content (AvgIpc) is 2.78. The fraction of sp³-hybridized carbons (Fsp3) is 0.400. The highest BCUT2D eigenvalue weighted by molar-refractivity contribution is 5.18. The van der Waals surface area contributed by atoms with Crippen molar-refractivity contribution in [2.75, 3.05) is 6.54 Å². The lowest BCUT2D eigenvalue weighted by atomic mass is 10.1. The molecular formula is C15H20FN3. The van der Waals surface area contributed by atoms with Crippen LogP contribution in [-0.2, 0) is 13.0 Å². The number of aromatic nitrogens is 2. The van der Waals surface area contributed by atoms with Crippen LogP contribution in [0, 0.1) is 12.7 Å². The van der Waals surface area contributed by atoms with E-state index in [1.165, 1.54) is 11.6 Å². The summed E-state index contributed by atoms with van der Waals surface area (Å²) in [4.78, 5) is 0. The standard InChI is InChI=1S/C15H20FN3/c1-12-10-18-19(11-12)8-7-17-13(2)9-14-5-3-4-6-15(14)16/h3-6,10-11,13,17H,7-9H2,1-2H3. The first kappa shape index (κ1) is 13.7. The molecule has 0 fully saturated rings. The zero-order valence-corrected chi connectivity index (χ0v) is 11.4. The van der Waals surface area contributed by atoms with E-state index in [0.717, 1.165) is 18.7 Å². The van der Waals surface area contributed by atoms with Gasteiger partial charge in [0.05, 0.1) is 12.7 Å². The lowest BCUT2D eigenvalue weighted by Gasteiger charge is -2.14. The average molecular weight is 261 g/mol. The number of benzene rings is 1. The van der Waals surface area contributed by atoms with Gasteiger partial charge < -0.3 is 5.32 Å². The molecule has 0 amide bonds. The van der Waals surface area contributed by atoms with Gasteiger partial charge in [-0.2, -0.15) is 5.10 Å². The maximum absolute atomic E-state index is 13.5. The summed E-state index contributed by atoms with van der Waals surface area (Å²) in [5.41, 5.74) is 1.93. The molecule has 0 aliphatic heterocycles. The fourth-order valence-corrected chi connectivity index (χ4v) is 2.08. The summed E-state index contributed by atoms with van der Waals surface area (Å²) >= 11 is 0. The predicted molar refractivity (Wildman–Crippen MR) is 74.5 cm³/mol. The van der Waals surface area contributed by atoms with Crippen molar-refractivity contribution in [1.82, 2.24) is 15.1 Å². The Bertz CT molecular complexity index is 522. The Hall–Kier alpha value is -1.68. The zero-order valence-electron chi connectivity index (χ0n) is 11.4. The lowest BCUT2D eigenvalue weighted by Crippen LogP contribution is -2.31. The number of hydrogen-bond acceptors (Lipinski definition) is 2. The maximum atomic E-state index is 13.5. The minimum atomic E-state index is -0.126. The van der Waals surface area contributed by atoms with Crippen molar-refractivity contribution in [3.05, 3.63) is 53.6 Å². The summed E-state index contributed by atoms with van der Waals surface area (Å²) in [5.74, 6) is -0.126. The van der Waals surface area contributed by atoms with Crippen LogP contribution in [0.25, 0.3) is 0 Å². The third-order valence-corrected chi connectivity index (χ3v) is 3.08. The van der Waals surface area contributed by atoms with E-state index in [0.29, 0.717) is 6.42 Å². The van der Waals surface area contributed by atoms with Crippen molar-refractivity contribution in [3.8, 4) is 0 Å². The molecule has 1 aromatic heterocycles. The van der Waals surface area contributed by atoms with Crippen LogP contribution in [0.4, 0.5) is 4.39 Å². The highest BCUT2D eigenvalue weighted by Crippen LogP contribution is 2.08. The quantitative estimate of drug-likeness (QED) is 0.866. The Morgan fingerprint density at radius 3 is 2.84 bits per heavy atom.